The molecule has 0 aromatic heterocycles. The van der Waals surface area contributed by atoms with Crippen molar-refractivity contribution in [3.05, 3.63) is 58.4 Å². The van der Waals surface area contributed by atoms with E-state index in [1.54, 1.807) is 30.1 Å². The van der Waals surface area contributed by atoms with Crippen LogP contribution in [-0.4, -0.2) is 18.1 Å². The largest absolute Gasteiger partial charge is 0.478 e. The van der Waals surface area contributed by atoms with Crippen molar-refractivity contribution in [1.29, 1.82) is 0 Å². The van der Waals surface area contributed by atoms with Gasteiger partial charge in [0.15, 0.2) is 0 Å². The van der Waals surface area contributed by atoms with E-state index in [-0.39, 0.29) is 10.6 Å². The van der Waals surface area contributed by atoms with Crippen LogP contribution in [0.5, 0.6) is 0 Å². The second kappa shape index (κ2) is 6.01. The van der Waals surface area contributed by atoms with E-state index in [0.717, 1.165) is 0 Å². The highest BCUT2D eigenvalue weighted by Crippen LogP contribution is 2.24. The first-order valence-corrected chi connectivity index (χ1v) is 6.54. The molecule has 0 saturated heterocycles. The summed E-state index contributed by atoms with van der Waals surface area (Å²) in [7, 11) is 1.73. The Balaban J connectivity index is 2.29. The number of aromatic carboxylic acids is 1. The minimum Gasteiger partial charge on any atom is -0.478 e. The van der Waals surface area contributed by atoms with Crippen molar-refractivity contribution in [3.63, 3.8) is 0 Å². The summed E-state index contributed by atoms with van der Waals surface area (Å²) in [4.78, 5) is 13.0. The predicted octanol–water partition coefficient (Wildman–Crippen LogP) is 3.40. The van der Waals surface area contributed by atoms with Crippen LogP contribution in [0, 0.1) is 5.82 Å². The third kappa shape index (κ3) is 3.44. The lowest BCUT2D eigenvalue weighted by Gasteiger charge is -2.21. The predicted molar refractivity (Wildman–Crippen MR) is 81.3 cm³/mol. The third-order valence-corrected chi connectivity index (χ3v) is 3.37. The van der Waals surface area contributed by atoms with Crippen molar-refractivity contribution in [2.24, 2.45) is 0 Å². The van der Waals surface area contributed by atoms with E-state index in [2.05, 4.69) is 0 Å². The summed E-state index contributed by atoms with van der Waals surface area (Å²) in [5.74, 6) is -1.57. The Kier molecular flexibility index (Phi) is 4.33. The highest BCUT2D eigenvalue weighted by Gasteiger charge is 2.14. The number of hydrogen-bond donors (Lipinski definition) is 2. The molecule has 21 heavy (non-hydrogen) atoms. The Morgan fingerprint density at radius 1 is 1.33 bits per heavy atom. The molecule has 110 valence electrons. The quantitative estimate of drug-likeness (QED) is 0.850. The molecule has 0 spiro atoms. The van der Waals surface area contributed by atoms with Crippen LogP contribution in [0.15, 0.2) is 36.4 Å². The number of rotatable bonds is 4. The van der Waals surface area contributed by atoms with Crippen molar-refractivity contribution in [3.8, 4) is 0 Å². The van der Waals surface area contributed by atoms with Crippen molar-refractivity contribution in [2.75, 3.05) is 17.7 Å². The summed E-state index contributed by atoms with van der Waals surface area (Å²) in [5.41, 5.74) is 7.28. The Morgan fingerprint density at radius 2 is 2.05 bits per heavy atom. The second-order valence-electron chi connectivity index (χ2n) is 4.69. The average Bonchev–Trinajstić information content (AvgIpc) is 2.42. The molecule has 0 aliphatic heterocycles. The molecule has 0 atom stereocenters. The molecule has 0 saturated carbocycles. The molecular weight excluding hydrogens is 295 g/mol. The summed E-state index contributed by atoms with van der Waals surface area (Å²) in [6.45, 7) is 0.346. The second-order valence-corrected chi connectivity index (χ2v) is 5.09. The number of nitrogens with two attached hydrogens (primary N) is 1. The first-order valence-electron chi connectivity index (χ1n) is 6.16. The van der Waals surface area contributed by atoms with Gasteiger partial charge in [0.2, 0.25) is 0 Å². The summed E-state index contributed by atoms with van der Waals surface area (Å²) < 4.78 is 13.4. The number of nitrogen functional groups attached to an aromatic ring is 1. The Bertz CT molecular complexity index is 691. The molecule has 2 aromatic carbocycles. The smallest absolute Gasteiger partial charge is 0.337 e. The topological polar surface area (TPSA) is 66.6 Å². The monoisotopic (exact) mass is 308 g/mol. The van der Waals surface area contributed by atoms with Gasteiger partial charge in [0.25, 0.3) is 0 Å². The lowest BCUT2D eigenvalue weighted by molar-refractivity contribution is 0.0697. The molecule has 0 radical (unpaired) electrons. The van der Waals surface area contributed by atoms with E-state index in [1.165, 1.54) is 18.2 Å². The van der Waals surface area contributed by atoms with Crippen LogP contribution >= 0.6 is 11.6 Å². The highest BCUT2D eigenvalue weighted by atomic mass is 35.5. The molecule has 0 amide bonds. The zero-order valence-electron chi connectivity index (χ0n) is 11.3. The van der Waals surface area contributed by atoms with Gasteiger partial charge in [-0.25, -0.2) is 9.18 Å². The molecule has 0 aliphatic rings. The number of carbonyl (C=O) groups is 1. The first kappa shape index (κ1) is 15.1. The molecule has 0 bridgehead atoms. The van der Waals surface area contributed by atoms with Crippen molar-refractivity contribution in [2.45, 2.75) is 6.54 Å². The van der Waals surface area contributed by atoms with Gasteiger partial charge in [0.1, 0.15) is 5.82 Å². The lowest BCUT2D eigenvalue weighted by atomic mass is 10.1. The number of carboxylic acids is 1. The zero-order chi connectivity index (χ0) is 15.6. The Hall–Kier alpha value is -2.27. The summed E-state index contributed by atoms with van der Waals surface area (Å²) in [6.07, 6.45) is 0. The maximum absolute atomic E-state index is 13.4. The van der Waals surface area contributed by atoms with Crippen LogP contribution in [-0.2, 0) is 6.54 Å². The maximum Gasteiger partial charge on any atom is 0.337 e. The fourth-order valence-corrected chi connectivity index (χ4v) is 2.17. The minimum absolute atomic E-state index is 0.0557. The van der Waals surface area contributed by atoms with Gasteiger partial charge in [-0.2, -0.15) is 0 Å². The van der Waals surface area contributed by atoms with Crippen molar-refractivity contribution in [1.82, 2.24) is 0 Å². The Morgan fingerprint density at radius 3 is 2.67 bits per heavy atom. The van der Waals surface area contributed by atoms with E-state index in [9.17, 15) is 14.3 Å². The Labute approximate surface area is 126 Å². The van der Waals surface area contributed by atoms with Gasteiger partial charge in [0.05, 0.1) is 16.3 Å². The van der Waals surface area contributed by atoms with Gasteiger partial charge in [-0.1, -0.05) is 17.7 Å². The highest BCUT2D eigenvalue weighted by molar-refractivity contribution is 6.30. The van der Waals surface area contributed by atoms with E-state index in [4.69, 9.17) is 17.3 Å². The molecule has 0 aliphatic carbocycles. The van der Waals surface area contributed by atoms with Crippen molar-refractivity contribution < 1.29 is 14.3 Å². The standard InChI is InChI=1S/C15H14ClFN2O2/c1-19(8-9-2-4-12(16)13(17)6-9)14-5-3-10(18)7-11(14)15(20)21/h2-7H,8,18H2,1H3,(H,20,21). The number of anilines is 2. The van der Waals surface area contributed by atoms with Gasteiger partial charge < -0.3 is 15.7 Å². The minimum atomic E-state index is -1.06. The number of halogens is 2. The van der Waals surface area contributed by atoms with Gasteiger partial charge in [-0.15, -0.1) is 0 Å². The third-order valence-electron chi connectivity index (χ3n) is 3.07. The maximum atomic E-state index is 13.4. The first-order chi connectivity index (χ1) is 9.88. The van der Waals surface area contributed by atoms with Crippen LogP contribution in [0.25, 0.3) is 0 Å². The van der Waals surface area contributed by atoms with E-state index in [0.29, 0.717) is 23.5 Å². The number of nitrogens with zero attached hydrogens (tertiary/aromatic N) is 1. The van der Waals surface area contributed by atoms with Crippen molar-refractivity contribution >= 4 is 28.9 Å². The molecule has 0 fully saturated rings. The summed E-state index contributed by atoms with van der Waals surface area (Å²) in [6, 6.07) is 9.15. The molecule has 6 heteroatoms. The van der Waals surface area contributed by atoms with Crippen LogP contribution < -0.4 is 10.6 Å². The molecular formula is C15H14ClFN2O2. The lowest BCUT2D eigenvalue weighted by Crippen LogP contribution is -2.19. The molecule has 4 nitrogen and oxygen atoms in total. The van der Waals surface area contributed by atoms with Crippen LogP contribution in [0.4, 0.5) is 15.8 Å². The average molecular weight is 309 g/mol. The number of carboxylic acid groups (broad SMARTS) is 1. The molecule has 2 aromatic rings. The van der Waals surface area contributed by atoms with Crippen LogP contribution in [0.1, 0.15) is 15.9 Å². The molecule has 3 N–H and O–H groups in total. The van der Waals surface area contributed by atoms with E-state index < -0.39 is 11.8 Å². The van der Waals surface area contributed by atoms with Gasteiger partial charge in [-0.3, -0.25) is 0 Å². The molecule has 0 unspecified atom stereocenters. The SMILES string of the molecule is CN(Cc1ccc(Cl)c(F)c1)c1ccc(N)cc1C(=O)O. The number of hydrogen-bond acceptors (Lipinski definition) is 3. The summed E-state index contributed by atoms with van der Waals surface area (Å²) >= 11 is 5.64. The van der Waals surface area contributed by atoms with E-state index in [1.807, 2.05) is 0 Å². The van der Waals surface area contributed by atoms with Gasteiger partial charge in [-0.05, 0) is 35.9 Å². The fraction of sp³-hybridized carbons (Fsp3) is 0.133. The molecule has 0 heterocycles. The normalized spacial score (nSPS) is 10.4. The van der Waals surface area contributed by atoms with Crippen LogP contribution in [0.3, 0.4) is 0 Å². The molecule has 2 rings (SSSR count). The number of benzene rings is 2. The van der Waals surface area contributed by atoms with Gasteiger partial charge in [0, 0.05) is 19.3 Å². The van der Waals surface area contributed by atoms with Gasteiger partial charge >= 0.3 is 5.97 Å². The zero-order valence-corrected chi connectivity index (χ0v) is 12.1. The van der Waals surface area contributed by atoms with Crippen LogP contribution in [0.2, 0.25) is 5.02 Å². The fourth-order valence-electron chi connectivity index (χ4n) is 2.05. The van der Waals surface area contributed by atoms with E-state index >= 15 is 0 Å². The summed E-state index contributed by atoms with van der Waals surface area (Å²) in [5, 5.41) is 9.28.